The van der Waals surface area contributed by atoms with Crippen molar-refractivity contribution in [1.82, 2.24) is 0 Å². The Morgan fingerprint density at radius 3 is 2.65 bits per heavy atom. The summed E-state index contributed by atoms with van der Waals surface area (Å²) < 4.78 is 5.16. The molecule has 0 aliphatic carbocycles. The molecule has 1 N–H and O–H groups in total. The van der Waals surface area contributed by atoms with Gasteiger partial charge in [0.25, 0.3) is 5.69 Å². The molecule has 1 aliphatic rings. The van der Waals surface area contributed by atoms with Crippen molar-refractivity contribution in [3.8, 4) is 5.75 Å². The SMILES string of the molecule is COc1cccc(N2C[C@@H](C(=O)Nc3ccc([N+](=O)[O-])cc3)CC2=O)c1. The first kappa shape index (κ1) is 17.4. The summed E-state index contributed by atoms with van der Waals surface area (Å²) in [5, 5.41) is 13.4. The summed E-state index contributed by atoms with van der Waals surface area (Å²) in [5.74, 6) is -0.294. The van der Waals surface area contributed by atoms with E-state index in [1.54, 1.807) is 36.3 Å². The number of hydrogen-bond donors (Lipinski definition) is 1. The highest BCUT2D eigenvalue weighted by atomic mass is 16.6. The van der Waals surface area contributed by atoms with Gasteiger partial charge in [0.1, 0.15) is 5.75 Å². The summed E-state index contributed by atoms with van der Waals surface area (Å²) in [7, 11) is 1.55. The summed E-state index contributed by atoms with van der Waals surface area (Å²) >= 11 is 0. The molecular formula is C18H17N3O5. The van der Waals surface area contributed by atoms with Crippen LogP contribution in [0.2, 0.25) is 0 Å². The number of benzene rings is 2. The summed E-state index contributed by atoms with van der Waals surface area (Å²) in [4.78, 5) is 36.4. The van der Waals surface area contributed by atoms with E-state index in [0.717, 1.165) is 0 Å². The van der Waals surface area contributed by atoms with Crippen molar-refractivity contribution in [2.24, 2.45) is 5.92 Å². The minimum atomic E-state index is -0.507. The third kappa shape index (κ3) is 3.64. The lowest BCUT2D eigenvalue weighted by Gasteiger charge is -2.17. The monoisotopic (exact) mass is 355 g/mol. The molecule has 3 rings (SSSR count). The highest BCUT2D eigenvalue weighted by Gasteiger charge is 2.35. The molecule has 26 heavy (non-hydrogen) atoms. The zero-order chi connectivity index (χ0) is 18.7. The first-order valence-electron chi connectivity index (χ1n) is 7.97. The molecule has 8 nitrogen and oxygen atoms in total. The van der Waals surface area contributed by atoms with Crippen LogP contribution < -0.4 is 15.0 Å². The van der Waals surface area contributed by atoms with E-state index < -0.39 is 10.8 Å². The molecule has 1 atom stereocenters. The van der Waals surface area contributed by atoms with Gasteiger partial charge in [-0.25, -0.2) is 0 Å². The van der Waals surface area contributed by atoms with Crippen LogP contribution in [0.4, 0.5) is 17.1 Å². The summed E-state index contributed by atoms with van der Waals surface area (Å²) in [5.41, 5.74) is 1.08. The van der Waals surface area contributed by atoms with Gasteiger partial charge in [-0.3, -0.25) is 19.7 Å². The molecule has 1 heterocycles. The number of nitrogens with one attached hydrogen (secondary N) is 1. The van der Waals surface area contributed by atoms with Crippen LogP contribution in [0.1, 0.15) is 6.42 Å². The largest absolute Gasteiger partial charge is 0.497 e. The number of carbonyl (C=O) groups excluding carboxylic acids is 2. The minimum Gasteiger partial charge on any atom is -0.497 e. The second-order valence-corrected chi connectivity index (χ2v) is 5.90. The highest BCUT2D eigenvalue weighted by Crippen LogP contribution is 2.28. The fraction of sp³-hybridized carbons (Fsp3) is 0.222. The molecular weight excluding hydrogens is 338 g/mol. The minimum absolute atomic E-state index is 0.0526. The van der Waals surface area contributed by atoms with Crippen molar-refractivity contribution < 1.29 is 19.2 Å². The standard InChI is InChI=1S/C18H17N3O5/c1-26-16-4-2-3-15(10-16)20-11-12(9-17(20)22)18(23)19-13-5-7-14(8-6-13)21(24)25/h2-8,10,12H,9,11H2,1H3,(H,19,23)/t12-/m0/s1. The van der Waals surface area contributed by atoms with Gasteiger partial charge in [-0.1, -0.05) is 6.07 Å². The van der Waals surface area contributed by atoms with Gasteiger partial charge in [-0.2, -0.15) is 0 Å². The number of anilines is 2. The van der Waals surface area contributed by atoms with Crippen LogP contribution >= 0.6 is 0 Å². The van der Waals surface area contributed by atoms with Crippen molar-refractivity contribution in [2.75, 3.05) is 23.9 Å². The Hall–Kier alpha value is -3.42. The van der Waals surface area contributed by atoms with Gasteiger partial charge in [0.15, 0.2) is 0 Å². The van der Waals surface area contributed by atoms with Crippen molar-refractivity contribution in [1.29, 1.82) is 0 Å². The number of amides is 2. The fourth-order valence-corrected chi connectivity index (χ4v) is 2.82. The molecule has 0 radical (unpaired) electrons. The molecule has 0 spiro atoms. The number of hydrogen-bond acceptors (Lipinski definition) is 5. The lowest BCUT2D eigenvalue weighted by molar-refractivity contribution is -0.384. The van der Waals surface area contributed by atoms with E-state index in [9.17, 15) is 19.7 Å². The van der Waals surface area contributed by atoms with Crippen LogP contribution in [0.5, 0.6) is 5.75 Å². The van der Waals surface area contributed by atoms with Gasteiger partial charge in [0, 0.05) is 42.5 Å². The second kappa shape index (κ2) is 7.22. The van der Waals surface area contributed by atoms with Crippen molar-refractivity contribution >= 4 is 28.9 Å². The van der Waals surface area contributed by atoms with Gasteiger partial charge in [0.2, 0.25) is 11.8 Å². The van der Waals surface area contributed by atoms with Gasteiger partial charge >= 0.3 is 0 Å². The van der Waals surface area contributed by atoms with Crippen molar-refractivity contribution in [3.05, 3.63) is 58.6 Å². The van der Waals surface area contributed by atoms with E-state index in [-0.39, 0.29) is 30.5 Å². The Morgan fingerprint density at radius 2 is 2.00 bits per heavy atom. The lowest BCUT2D eigenvalue weighted by atomic mass is 10.1. The normalized spacial score (nSPS) is 16.4. The molecule has 1 aliphatic heterocycles. The van der Waals surface area contributed by atoms with Gasteiger partial charge in [-0.05, 0) is 24.3 Å². The number of ether oxygens (including phenoxy) is 1. The third-order valence-corrected chi connectivity index (χ3v) is 4.21. The molecule has 1 fully saturated rings. The predicted octanol–water partition coefficient (Wildman–Crippen LogP) is 2.60. The van der Waals surface area contributed by atoms with Crippen LogP contribution in [-0.4, -0.2) is 30.4 Å². The molecule has 0 saturated carbocycles. The van der Waals surface area contributed by atoms with Crippen LogP contribution in [-0.2, 0) is 9.59 Å². The molecule has 0 unspecified atom stereocenters. The highest BCUT2D eigenvalue weighted by molar-refractivity contribution is 6.03. The summed E-state index contributed by atoms with van der Waals surface area (Å²) in [6.07, 6.45) is 0.107. The average Bonchev–Trinajstić information content (AvgIpc) is 3.04. The van der Waals surface area contributed by atoms with E-state index in [2.05, 4.69) is 5.32 Å². The van der Waals surface area contributed by atoms with Gasteiger partial charge in [0.05, 0.1) is 18.0 Å². The Kier molecular flexibility index (Phi) is 4.83. The topological polar surface area (TPSA) is 102 Å². The molecule has 0 bridgehead atoms. The van der Waals surface area contributed by atoms with Crippen molar-refractivity contribution in [3.63, 3.8) is 0 Å². The van der Waals surface area contributed by atoms with Crippen molar-refractivity contribution in [2.45, 2.75) is 6.42 Å². The summed E-state index contributed by atoms with van der Waals surface area (Å²) in [6, 6.07) is 12.7. The first-order chi connectivity index (χ1) is 12.5. The van der Waals surface area contributed by atoms with Crippen LogP contribution in [0, 0.1) is 16.0 Å². The van der Waals surface area contributed by atoms with Gasteiger partial charge in [-0.15, -0.1) is 0 Å². The molecule has 1 saturated heterocycles. The third-order valence-electron chi connectivity index (χ3n) is 4.21. The molecule has 134 valence electrons. The number of methoxy groups -OCH3 is 1. The lowest BCUT2D eigenvalue weighted by Crippen LogP contribution is -2.28. The number of nitro groups is 1. The van der Waals surface area contributed by atoms with E-state index in [4.69, 9.17) is 4.74 Å². The van der Waals surface area contributed by atoms with Crippen LogP contribution in [0.15, 0.2) is 48.5 Å². The Balaban J connectivity index is 1.67. The van der Waals surface area contributed by atoms with E-state index in [1.807, 2.05) is 0 Å². The number of nitrogens with zero attached hydrogens (tertiary/aromatic N) is 2. The molecule has 8 heteroatoms. The number of rotatable bonds is 5. The first-order valence-corrected chi connectivity index (χ1v) is 7.97. The maximum Gasteiger partial charge on any atom is 0.269 e. The maximum absolute atomic E-state index is 12.4. The van der Waals surface area contributed by atoms with E-state index in [0.29, 0.717) is 17.1 Å². The zero-order valence-corrected chi connectivity index (χ0v) is 14.0. The summed E-state index contributed by atoms with van der Waals surface area (Å²) in [6.45, 7) is 0.269. The Morgan fingerprint density at radius 1 is 1.27 bits per heavy atom. The fourth-order valence-electron chi connectivity index (χ4n) is 2.82. The van der Waals surface area contributed by atoms with Crippen LogP contribution in [0.25, 0.3) is 0 Å². The molecule has 2 amide bonds. The molecule has 2 aromatic rings. The number of non-ortho nitro benzene ring substituents is 1. The smallest absolute Gasteiger partial charge is 0.269 e. The Labute approximate surface area is 149 Å². The maximum atomic E-state index is 12.4. The quantitative estimate of drug-likeness (QED) is 0.656. The predicted molar refractivity (Wildman–Crippen MR) is 95.2 cm³/mol. The number of nitro benzene ring substituents is 1. The second-order valence-electron chi connectivity index (χ2n) is 5.90. The number of carbonyl (C=O) groups is 2. The Bertz CT molecular complexity index is 850. The molecule has 2 aromatic carbocycles. The zero-order valence-electron chi connectivity index (χ0n) is 14.0. The van der Waals surface area contributed by atoms with E-state index in [1.165, 1.54) is 24.3 Å². The van der Waals surface area contributed by atoms with Crippen LogP contribution in [0.3, 0.4) is 0 Å². The van der Waals surface area contributed by atoms with E-state index >= 15 is 0 Å². The average molecular weight is 355 g/mol. The molecule has 0 aromatic heterocycles. The van der Waals surface area contributed by atoms with Gasteiger partial charge < -0.3 is 15.0 Å².